The van der Waals surface area contributed by atoms with Crippen LogP contribution in [0.4, 0.5) is 0 Å². The fourth-order valence-corrected chi connectivity index (χ4v) is 2.27. The number of hydrogen-bond donors (Lipinski definition) is 1. The van der Waals surface area contributed by atoms with E-state index < -0.39 is 5.97 Å². The minimum absolute atomic E-state index is 0.135. The first kappa shape index (κ1) is 17.3. The van der Waals surface area contributed by atoms with E-state index in [0.717, 1.165) is 5.56 Å². The highest BCUT2D eigenvalue weighted by Gasteiger charge is 2.14. The van der Waals surface area contributed by atoms with Crippen molar-refractivity contribution in [3.05, 3.63) is 69.7 Å². The van der Waals surface area contributed by atoms with E-state index >= 15 is 0 Å². The zero-order valence-electron chi connectivity index (χ0n) is 12.2. The van der Waals surface area contributed by atoms with Crippen molar-refractivity contribution in [3.63, 3.8) is 0 Å². The third-order valence-electron chi connectivity index (χ3n) is 3.06. The van der Waals surface area contributed by atoms with E-state index in [-0.39, 0.29) is 23.1 Å². The number of rotatable bonds is 6. The number of amides is 1. The molecule has 0 aliphatic heterocycles. The van der Waals surface area contributed by atoms with Gasteiger partial charge in [0.05, 0.1) is 10.6 Å². The smallest absolute Gasteiger partial charge is 0.340 e. The molecule has 0 atom stereocenters. The molecule has 0 saturated carbocycles. The predicted molar refractivity (Wildman–Crippen MR) is 89.9 cm³/mol. The van der Waals surface area contributed by atoms with E-state index in [1.54, 1.807) is 6.07 Å². The van der Waals surface area contributed by atoms with Gasteiger partial charge in [0.1, 0.15) is 0 Å². The molecule has 2 rings (SSSR count). The standard InChI is InChI=1S/C17H15Cl2NO3/c18-13-6-7-15(19)14(10-13)17(22)23-11-16(21)20-9-8-12-4-2-1-3-5-12/h1-7,10H,8-9,11H2,(H,20,21). The molecule has 0 spiro atoms. The molecule has 0 aliphatic carbocycles. The second-order valence-electron chi connectivity index (χ2n) is 4.79. The third kappa shape index (κ3) is 5.58. The quantitative estimate of drug-likeness (QED) is 0.810. The summed E-state index contributed by atoms with van der Waals surface area (Å²) in [6.07, 6.45) is 0.709. The lowest BCUT2D eigenvalue weighted by molar-refractivity contribution is -0.124. The molecule has 1 N–H and O–H groups in total. The van der Waals surface area contributed by atoms with E-state index in [1.165, 1.54) is 12.1 Å². The Kier molecular flexibility index (Phi) is 6.44. The van der Waals surface area contributed by atoms with Gasteiger partial charge in [-0.05, 0) is 30.2 Å². The van der Waals surface area contributed by atoms with Crippen LogP contribution in [0.25, 0.3) is 0 Å². The summed E-state index contributed by atoms with van der Waals surface area (Å²) in [4.78, 5) is 23.5. The molecule has 0 unspecified atom stereocenters. The summed E-state index contributed by atoms with van der Waals surface area (Å²) in [5.41, 5.74) is 1.26. The molecule has 0 aromatic heterocycles. The fourth-order valence-electron chi connectivity index (χ4n) is 1.90. The van der Waals surface area contributed by atoms with Crippen LogP contribution in [0, 0.1) is 0 Å². The van der Waals surface area contributed by atoms with Crippen molar-refractivity contribution < 1.29 is 14.3 Å². The highest BCUT2D eigenvalue weighted by molar-refractivity contribution is 6.35. The maximum atomic E-state index is 11.9. The average molecular weight is 352 g/mol. The molecule has 2 aromatic rings. The molecule has 4 nitrogen and oxygen atoms in total. The maximum absolute atomic E-state index is 11.9. The molecule has 2 aromatic carbocycles. The molecule has 0 bridgehead atoms. The van der Waals surface area contributed by atoms with Crippen molar-refractivity contribution in [1.82, 2.24) is 5.32 Å². The Morgan fingerprint density at radius 3 is 2.52 bits per heavy atom. The predicted octanol–water partition coefficient (Wildman–Crippen LogP) is 3.51. The van der Waals surface area contributed by atoms with E-state index in [1.807, 2.05) is 30.3 Å². The Morgan fingerprint density at radius 1 is 1.04 bits per heavy atom. The Balaban J connectivity index is 1.75. The zero-order valence-corrected chi connectivity index (χ0v) is 13.7. The van der Waals surface area contributed by atoms with Gasteiger partial charge in [0.25, 0.3) is 5.91 Å². The minimum Gasteiger partial charge on any atom is -0.452 e. The van der Waals surface area contributed by atoms with E-state index in [0.29, 0.717) is 18.0 Å². The highest BCUT2D eigenvalue weighted by atomic mass is 35.5. The van der Waals surface area contributed by atoms with Crippen molar-refractivity contribution in [2.75, 3.05) is 13.2 Å². The number of halogens is 2. The van der Waals surface area contributed by atoms with Gasteiger partial charge in [0.15, 0.2) is 6.61 Å². The van der Waals surface area contributed by atoms with Crippen molar-refractivity contribution in [3.8, 4) is 0 Å². The maximum Gasteiger partial charge on any atom is 0.340 e. The van der Waals surface area contributed by atoms with Crippen LogP contribution in [0.5, 0.6) is 0 Å². The first-order valence-electron chi connectivity index (χ1n) is 6.99. The Morgan fingerprint density at radius 2 is 1.78 bits per heavy atom. The third-order valence-corrected chi connectivity index (χ3v) is 3.63. The number of hydrogen-bond acceptors (Lipinski definition) is 3. The Bertz CT molecular complexity index is 689. The average Bonchev–Trinajstić information content (AvgIpc) is 2.56. The van der Waals surface area contributed by atoms with Crippen LogP contribution in [0.3, 0.4) is 0 Å². The van der Waals surface area contributed by atoms with Crippen LogP contribution in [0.15, 0.2) is 48.5 Å². The molecule has 0 radical (unpaired) electrons. The topological polar surface area (TPSA) is 55.4 Å². The largest absolute Gasteiger partial charge is 0.452 e. The van der Waals surface area contributed by atoms with Crippen molar-refractivity contribution >= 4 is 35.1 Å². The molecule has 0 heterocycles. The van der Waals surface area contributed by atoms with E-state index in [9.17, 15) is 9.59 Å². The summed E-state index contributed by atoms with van der Waals surface area (Å²) >= 11 is 11.7. The summed E-state index contributed by atoms with van der Waals surface area (Å²) < 4.78 is 4.93. The summed E-state index contributed by atoms with van der Waals surface area (Å²) in [7, 11) is 0. The second-order valence-corrected chi connectivity index (χ2v) is 5.63. The van der Waals surface area contributed by atoms with Gasteiger partial charge in [0.2, 0.25) is 0 Å². The fraction of sp³-hybridized carbons (Fsp3) is 0.176. The molecule has 23 heavy (non-hydrogen) atoms. The number of benzene rings is 2. The molecule has 0 fully saturated rings. The molecular formula is C17H15Cl2NO3. The van der Waals surface area contributed by atoms with Crippen molar-refractivity contribution in [2.24, 2.45) is 0 Å². The van der Waals surface area contributed by atoms with Gasteiger partial charge >= 0.3 is 5.97 Å². The number of nitrogens with one attached hydrogen (secondary N) is 1. The van der Waals surface area contributed by atoms with Crippen LogP contribution in [0.2, 0.25) is 10.0 Å². The van der Waals surface area contributed by atoms with Gasteiger partial charge in [-0.15, -0.1) is 0 Å². The lowest BCUT2D eigenvalue weighted by atomic mass is 10.1. The number of ether oxygens (including phenoxy) is 1. The van der Waals surface area contributed by atoms with E-state index in [4.69, 9.17) is 27.9 Å². The first-order chi connectivity index (χ1) is 11.1. The van der Waals surface area contributed by atoms with Gasteiger partial charge in [-0.2, -0.15) is 0 Å². The molecule has 120 valence electrons. The SMILES string of the molecule is O=C(COC(=O)c1cc(Cl)ccc1Cl)NCCc1ccccc1. The first-order valence-corrected chi connectivity index (χ1v) is 7.74. The van der Waals surface area contributed by atoms with Crippen LogP contribution in [0.1, 0.15) is 15.9 Å². The summed E-state index contributed by atoms with van der Waals surface area (Å²) in [6.45, 7) is 0.106. The molecule has 0 saturated heterocycles. The Labute approximate surface area is 144 Å². The van der Waals surface area contributed by atoms with E-state index in [2.05, 4.69) is 5.32 Å². The number of carbonyl (C=O) groups is 2. The Hall–Kier alpha value is -2.04. The number of esters is 1. The van der Waals surface area contributed by atoms with Crippen LogP contribution >= 0.6 is 23.2 Å². The lowest BCUT2D eigenvalue weighted by Crippen LogP contribution is -2.30. The monoisotopic (exact) mass is 351 g/mol. The van der Waals surface area contributed by atoms with Gasteiger partial charge in [-0.3, -0.25) is 4.79 Å². The molecule has 1 amide bonds. The van der Waals surface area contributed by atoms with Gasteiger partial charge in [-0.1, -0.05) is 53.5 Å². The van der Waals surface area contributed by atoms with Crippen LogP contribution in [-0.2, 0) is 16.0 Å². The summed E-state index contributed by atoms with van der Waals surface area (Å²) in [5, 5.41) is 3.28. The van der Waals surface area contributed by atoms with Gasteiger partial charge in [0, 0.05) is 11.6 Å². The summed E-state index contributed by atoms with van der Waals surface area (Å²) in [5.74, 6) is -1.05. The molecule has 0 aliphatic rings. The molecule has 6 heteroatoms. The minimum atomic E-state index is -0.685. The summed E-state index contributed by atoms with van der Waals surface area (Å²) in [6, 6.07) is 14.2. The normalized spacial score (nSPS) is 10.2. The zero-order chi connectivity index (χ0) is 16.7. The van der Waals surface area contributed by atoms with Crippen molar-refractivity contribution in [1.29, 1.82) is 0 Å². The van der Waals surface area contributed by atoms with Gasteiger partial charge in [-0.25, -0.2) is 4.79 Å². The number of carbonyl (C=O) groups excluding carboxylic acids is 2. The molecular weight excluding hydrogens is 337 g/mol. The lowest BCUT2D eigenvalue weighted by Gasteiger charge is -2.08. The van der Waals surface area contributed by atoms with Gasteiger partial charge < -0.3 is 10.1 Å². The van der Waals surface area contributed by atoms with Crippen molar-refractivity contribution in [2.45, 2.75) is 6.42 Å². The second kappa shape index (κ2) is 8.56. The highest BCUT2D eigenvalue weighted by Crippen LogP contribution is 2.21. The van der Waals surface area contributed by atoms with Crippen LogP contribution in [-0.4, -0.2) is 25.0 Å². The van der Waals surface area contributed by atoms with Crippen LogP contribution < -0.4 is 5.32 Å².